The summed E-state index contributed by atoms with van der Waals surface area (Å²) >= 11 is 0. The summed E-state index contributed by atoms with van der Waals surface area (Å²) in [6, 6.07) is 7.99. The number of hydrogen-bond donors (Lipinski definition) is 1. The molecule has 21 heavy (non-hydrogen) atoms. The molecule has 1 N–H and O–H groups in total. The number of ether oxygens (including phenoxy) is 1. The minimum absolute atomic E-state index is 0.647. The van der Waals surface area contributed by atoms with Gasteiger partial charge in [-0.2, -0.15) is 0 Å². The van der Waals surface area contributed by atoms with Crippen LogP contribution in [0, 0.1) is 0 Å². The second kappa shape index (κ2) is 6.94. The molecule has 1 fully saturated rings. The molecule has 0 bridgehead atoms. The van der Waals surface area contributed by atoms with Crippen molar-refractivity contribution in [1.82, 2.24) is 4.90 Å². The van der Waals surface area contributed by atoms with Crippen molar-refractivity contribution in [3.05, 3.63) is 29.8 Å². The van der Waals surface area contributed by atoms with Gasteiger partial charge in [-0.3, -0.25) is 9.69 Å². The zero-order valence-electron chi connectivity index (χ0n) is 13.0. The molecule has 4 heteroatoms. The zero-order chi connectivity index (χ0) is 15.3. The zero-order valence-corrected chi connectivity index (χ0v) is 13.0. The van der Waals surface area contributed by atoms with Crippen LogP contribution in [0.25, 0.3) is 0 Å². The number of aliphatic carboxylic acids is 1. The van der Waals surface area contributed by atoms with Crippen molar-refractivity contribution >= 4 is 5.97 Å². The molecule has 1 aromatic carbocycles. The molecule has 1 saturated heterocycles. The van der Waals surface area contributed by atoms with E-state index in [-0.39, 0.29) is 0 Å². The van der Waals surface area contributed by atoms with E-state index < -0.39 is 11.5 Å². The number of carboxylic acid groups (broad SMARTS) is 1. The Morgan fingerprint density at radius 2 is 2.24 bits per heavy atom. The third-order valence-electron chi connectivity index (χ3n) is 4.35. The van der Waals surface area contributed by atoms with E-state index in [0.29, 0.717) is 19.6 Å². The fourth-order valence-corrected chi connectivity index (χ4v) is 3.13. The molecular formula is C17H25NO3. The smallest absolute Gasteiger partial charge is 0.324 e. The monoisotopic (exact) mass is 291 g/mol. The van der Waals surface area contributed by atoms with E-state index in [1.807, 2.05) is 31.2 Å². The van der Waals surface area contributed by atoms with Crippen LogP contribution in [0.1, 0.15) is 45.1 Å². The van der Waals surface area contributed by atoms with Gasteiger partial charge in [0.1, 0.15) is 11.3 Å². The van der Waals surface area contributed by atoms with Crippen molar-refractivity contribution in [3.63, 3.8) is 0 Å². The molecular weight excluding hydrogens is 266 g/mol. The molecule has 0 saturated carbocycles. The van der Waals surface area contributed by atoms with E-state index in [1.54, 1.807) is 0 Å². The van der Waals surface area contributed by atoms with Gasteiger partial charge >= 0.3 is 5.97 Å². The summed E-state index contributed by atoms with van der Waals surface area (Å²) in [5, 5.41) is 9.62. The van der Waals surface area contributed by atoms with Gasteiger partial charge in [0, 0.05) is 6.54 Å². The highest BCUT2D eigenvalue weighted by molar-refractivity contribution is 5.79. The Morgan fingerprint density at radius 1 is 1.43 bits per heavy atom. The molecule has 1 atom stereocenters. The lowest BCUT2D eigenvalue weighted by Gasteiger charge is -2.34. The van der Waals surface area contributed by atoms with Gasteiger partial charge in [-0.15, -0.1) is 0 Å². The topological polar surface area (TPSA) is 49.8 Å². The van der Waals surface area contributed by atoms with E-state index in [9.17, 15) is 9.90 Å². The molecule has 1 aromatic rings. The molecule has 4 nitrogen and oxygen atoms in total. The van der Waals surface area contributed by atoms with Crippen molar-refractivity contribution in [2.45, 2.75) is 51.6 Å². The van der Waals surface area contributed by atoms with E-state index in [4.69, 9.17) is 4.74 Å². The standard InChI is InChI=1S/C17H25NO3/c1-3-11-21-15-8-5-7-14(12-15)13-18-10-6-9-17(18,4-2)16(19)20/h5,7-8,12H,3-4,6,9-11,13H2,1-2H3,(H,19,20). The van der Waals surface area contributed by atoms with Crippen LogP contribution in [0.4, 0.5) is 0 Å². The second-order valence-electron chi connectivity index (χ2n) is 5.71. The predicted octanol–water partition coefficient (Wildman–Crippen LogP) is 3.30. The molecule has 0 aromatic heterocycles. The van der Waals surface area contributed by atoms with Gasteiger partial charge in [0.25, 0.3) is 0 Å². The third-order valence-corrected chi connectivity index (χ3v) is 4.35. The lowest BCUT2D eigenvalue weighted by atomic mass is 9.92. The molecule has 1 aliphatic rings. The molecule has 1 heterocycles. The fourth-order valence-electron chi connectivity index (χ4n) is 3.13. The highest BCUT2D eigenvalue weighted by Gasteiger charge is 2.45. The Balaban J connectivity index is 2.11. The van der Waals surface area contributed by atoms with E-state index in [1.165, 1.54) is 0 Å². The molecule has 0 spiro atoms. The van der Waals surface area contributed by atoms with Crippen molar-refractivity contribution in [3.8, 4) is 5.75 Å². The number of likely N-dealkylation sites (tertiary alicyclic amines) is 1. The summed E-state index contributed by atoms with van der Waals surface area (Å²) in [5.74, 6) is 0.173. The summed E-state index contributed by atoms with van der Waals surface area (Å²) in [6.45, 7) is 6.27. The van der Waals surface area contributed by atoms with E-state index >= 15 is 0 Å². The average Bonchev–Trinajstić information content (AvgIpc) is 2.89. The molecule has 1 unspecified atom stereocenters. The lowest BCUT2D eigenvalue weighted by Crippen LogP contribution is -2.49. The van der Waals surface area contributed by atoms with E-state index in [0.717, 1.165) is 37.1 Å². The molecule has 0 radical (unpaired) electrons. The Kier molecular flexibility index (Phi) is 5.23. The van der Waals surface area contributed by atoms with Crippen molar-refractivity contribution in [1.29, 1.82) is 0 Å². The number of nitrogens with zero attached hydrogens (tertiary/aromatic N) is 1. The lowest BCUT2D eigenvalue weighted by molar-refractivity contribution is -0.150. The minimum Gasteiger partial charge on any atom is -0.494 e. The SMILES string of the molecule is CCCOc1cccc(CN2CCCC2(CC)C(=O)O)c1. The quantitative estimate of drug-likeness (QED) is 0.837. The maximum atomic E-state index is 11.7. The van der Waals surface area contributed by atoms with Gasteiger partial charge in [0.05, 0.1) is 6.61 Å². The van der Waals surface area contributed by atoms with E-state index in [2.05, 4.69) is 11.8 Å². The van der Waals surface area contributed by atoms with Crippen molar-refractivity contribution < 1.29 is 14.6 Å². The summed E-state index contributed by atoms with van der Waals surface area (Å²) < 4.78 is 5.65. The average molecular weight is 291 g/mol. The number of hydrogen-bond acceptors (Lipinski definition) is 3. The van der Waals surface area contributed by atoms with Gasteiger partial charge in [-0.25, -0.2) is 0 Å². The van der Waals surface area contributed by atoms with Crippen LogP contribution < -0.4 is 4.74 Å². The number of carbonyl (C=O) groups is 1. The Labute approximate surface area is 126 Å². The normalized spacial score (nSPS) is 22.4. The fraction of sp³-hybridized carbons (Fsp3) is 0.588. The maximum absolute atomic E-state index is 11.7. The number of carboxylic acids is 1. The highest BCUT2D eigenvalue weighted by Crippen LogP contribution is 2.34. The largest absolute Gasteiger partial charge is 0.494 e. The van der Waals surface area contributed by atoms with Crippen LogP contribution in [-0.2, 0) is 11.3 Å². The van der Waals surface area contributed by atoms with Gasteiger partial charge in [0.15, 0.2) is 0 Å². The van der Waals surface area contributed by atoms with Gasteiger partial charge in [-0.05, 0) is 49.9 Å². The van der Waals surface area contributed by atoms with Gasteiger partial charge in [-0.1, -0.05) is 26.0 Å². The third kappa shape index (κ3) is 3.38. The second-order valence-corrected chi connectivity index (χ2v) is 5.71. The van der Waals surface area contributed by atoms with Crippen molar-refractivity contribution in [2.75, 3.05) is 13.2 Å². The molecule has 1 aliphatic heterocycles. The predicted molar refractivity (Wildman–Crippen MR) is 82.5 cm³/mol. The van der Waals surface area contributed by atoms with Crippen molar-refractivity contribution in [2.24, 2.45) is 0 Å². The number of benzene rings is 1. The highest BCUT2D eigenvalue weighted by atomic mass is 16.5. The maximum Gasteiger partial charge on any atom is 0.324 e. The first-order valence-corrected chi connectivity index (χ1v) is 7.82. The van der Waals surface area contributed by atoms with Crippen LogP contribution in [-0.4, -0.2) is 34.7 Å². The van der Waals surface area contributed by atoms with Crippen LogP contribution in [0.5, 0.6) is 5.75 Å². The van der Waals surface area contributed by atoms with Crippen LogP contribution in [0.2, 0.25) is 0 Å². The van der Waals surface area contributed by atoms with Crippen LogP contribution in [0.15, 0.2) is 24.3 Å². The van der Waals surface area contributed by atoms with Gasteiger partial charge < -0.3 is 9.84 Å². The van der Waals surface area contributed by atoms with Crippen LogP contribution >= 0.6 is 0 Å². The first-order valence-electron chi connectivity index (χ1n) is 7.82. The molecule has 2 rings (SSSR count). The summed E-state index contributed by atoms with van der Waals surface area (Å²) in [5.41, 5.74) is 0.421. The van der Waals surface area contributed by atoms with Crippen LogP contribution in [0.3, 0.4) is 0 Å². The molecule has 0 aliphatic carbocycles. The minimum atomic E-state index is -0.694. The number of rotatable bonds is 7. The Morgan fingerprint density at radius 3 is 2.90 bits per heavy atom. The first-order chi connectivity index (χ1) is 10.1. The molecule has 116 valence electrons. The summed E-state index contributed by atoms with van der Waals surface area (Å²) in [4.78, 5) is 13.8. The van der Waals surface area contributed by atoms with Gasteiger partial charge in [0.2, 0.25) is 0 Å². The molecule has 0 amide bonds. The first kappa shape index (κ1) is 15.8. The summed E-state index contributed by atoms with van der Waals surface area (Å²) in [6.07, 6.45) is 3.32. The Hall–Kier alpha value is -1.55. The Bertz CT molecular complexity index is 489. The summed E-state index contributed by atoms with van der Waals surface area (Å²) in [7, 11) is 0.